The van der Waals surface area contributed by atoms with E-state index in [9.17, 15) is 0 Å². The van der Waals surface area contributed by atoms with E-state index in [-0.39, 0.29) is 0 Å². The van der Waals surface area contributed by atoms with Gasteiger partial charge in [-0.3, -0.25) is 14.9 Å². The number of nitrogens with zero attached hydrogens (tertiary/aromatic N) is 3. The second-order valence-electron chi connectivity index (χ2n) is 8.69. The summed E-state index contributed by atoms with van der Waals surface area (Å²) in [7, 11) is 4.89. The number of aromatic nitrogens is 2. The van der Waals surface area contributed by atoms with Crippen LogP contribution in [-0.2, 0) is 11.3 Å². The van der Waals surface area contributed by atoms with E-state index in [0.29, 0.717) is 23.3 Å². The van der Waals surface area contributed by atoms with E-state index in [4.69, 9.17) is 18.9 Å². The smallest absolute Gasteiger partial charge is 0.203 e. The second-order valence-corrected chi connectivity index (χ2v) is 8.69. The highest BCUT2D eigenvalue weighted by Crippen LogP contribution is 2.41. The summed E-state index contributed by atoms with van der Waals surface area (Å²) in [5.74, 6) is 2.63. The molecule has 1 N–H and O–H groups in total. The van der Waals surface area contributed by atoms with E-state index < -0.39 is 0 Å². The van der Waals surface area contributed by atoms with E-state index >= 15 is 0 Å². The van der Waals surface area contributed by atoms with E-state index in [1.807, 2.05) is 18.3 Å². The van der Waals surface area contributed by atoms with Crippen molar-refractivity contribution in [1.82, 2.24) is 20.0 Å². The first-order valence-corrected chi connectivity index (χ1v) is 11.5. The molecule has 2 fully saturated rings. The number of benzene rings is 1. The number of nitrogens with one attached hydrogen (secondary N) is 1. The summed E-state index contributed by atoms with van der Waals surface area (Å²) in [6.45, 7) is 9.35. The molecule has 0 amide bonds. The highest BCUT2D eigenvalue weighted by molar-refractivity contribution is 5.70. The molecule has 176 valence electrons. The lowest BCUT2D eigenvalue weighted by molar-refractivity contribution is -0.00191. The van der Waals surface area contributed by atoms with Crippen molar-refractivity contribution in [3.05, 3.63) is 23.9 Å². The normalized spacial score (nSPS) is 19.6. The molecule has 0 saturated carbocycles. The summed E-state index contributed by atoms with van der Waals surface area (Å²) in [5, 5.41) is 7.51. The molecule has 0 aliphatic carbocycles. The number of likely N-dealkylation sites (tertiary alicyclic amines) is 1. The Morgan fingerprint density at radius 3 is 2.28 bits per heavy atom. The first kappa shape index (κ1) is 22.9. The third-order valence-corrected chi connectivity index (χ3v) is 7.00. The van der Waals surface area contributed by atoms with Gasteiger partial charge in [0.15, 0.2) is 11.5 Å². The van der Waals surface area contributed by atoms with Crippen LogP contribution in [-0.4, -0.2) is 86.8 Å². The van der Waals surface area contributed by atoms with Gasteiger partial charge in [0, 0.05) is 36.8 Å². The first-order chi connectivity index (χ1) is 15.6. The maximum absolute atomic E-state index is 5.53. The highest BCUT2D eigenvalue weighted by atomic mass is 16.5. The lowest BCUT2D eigenvalue weighted by atomic mass is 9.89. The number of ether oxygens (including phenoxy) is 4. The summed E-state index contributed by atoms with van der Waals surface area (Å²) >= 11 is 0. The van der Waals surface area contributed by atoms with Crippen molar-refractivity contribution in [2.45, 2.75) is 32.4 Å². The van der Waals surface area contributed by atoms with Gasteiger partial charge in [-0.1, -0.05) is 0 Å². The van der Waals surface area contributed by atoms with Gasteiger partial charge in [-0.05, 0) is 50.9 Å². The van der Waals surface area contributed by atoms with Gasteiger partial charge in [-0.25, -0.2) is 0 Å². The van der Waals surface area contributed by atoms with Gasteiger partial charge < -0.3 is 18.9 Å². The van der Waals surface area contributed by atoms with Crippen LogP contribution < -0.4 is 14.2 Å². The van der Waals surface area contributed by atoms with Crippen LogP contribution in [0.15, 0.2) is 18.3 Å². The van der Waals surface area contributed by atoms with E-state index in [1.165, 1.54) is 18.4 Å². The number of methoxy groups -OCH3 is 3. The number of piperidine rings is 1. The van der Waals surface area contributed by atoms with Crippen LogP contribution in [0.1, 0.15) is 25.3 Å². The molecule has 2 aromatic rings. The first-order valence-electron chi connectivity index (χ1n) is 11.5. The Morgan fingerprint density at radius 2 is 1.69 bits per heavy atom. The predicted molar refractivity (Wildman–Crippen MR) is 124 cm³/mol. The van der Waals surface area contributed by atoms with Crippen LogP contribution in [0.3, 0.4) is 0 Å². The SMILES string of the molecule is COc1cc(-c2[nH]ncc2CN2CCC([C@H](C)N3CCOCC3)CC2)cc(OC)c1OC. The van der Waals surface area contributed by atoms with Crippen LogP contribution in [0, 0.1) is 5.92 Å². The fraction of sp³-hybridized carbons (Fsp3) is 0.625. The zero-order valence-electron chi connectivity index (χ0n) is 19.7. The van der Waals surface area contributed by atoms with Gasteiger partial charge in [-0.2, -0.15) is 5.10 Å². The molecule has 0 radical (unpaired) electrons. The van der Waals surface area contributed by atoms with Crippen molar-refractivity contribution in [2.24, 2.45) is 5.92 Å². The van der Waals surface area contributed by atoms with Crippen molar-refractivity contribution < 1.29 is 18.9 Å². The van der Waals surface area contributed by atoms with Crippen LogP contribution >= 0.6 is 0 Å². The molecule has 32 heavy (non-hydrogen) atoms. The molecule has 1 atom stereocenters. The predicted octanol–water partition coefficient (Wildman–Crippen LogP) is 3.04. The van der Waals surface area contributed by atoms with Crippen molar-refractivity contribution in [1.29, 1.82) is 0 Å². The lowest BCUT2D eigenvalue weighted by Crippen LogP contribution is -2.48. The minimum Gasteiger partial charge on any atom is -0.493 e. The number of hydrogen-bond acceptors (Lipinski definition) is 7. The van der Waals surface area contributed by atoms with Crippen molar-refractivity contribution in [2.75, 3.05) is 60.7 Å². The number of rotatable bonds is 8. The van der Waals surface area contributed by atoms with Crippen molar-refractivity contribution >= 4 is 0 Å². The fourth-order valence-corrected chi connectivity index (χ4v) is 5.02. The summed E-state index contributed by atoms with van der Waals surface area (Å²) in [6, 6.07) is 4.56. The Bertz CT molecular complexity index is 848. The highest BCUT2D eigenvalue weighted by Gasteiger charge is 2.29. The average molecular weight is 445 g/mol. The number of H-pyrrole nitrogens is 1. The molecule has 0 bridgehead atoms. The molecule has 0 unspecified atom stereocenters. The molecule has 1 aromatic heterocycles. The standard InChI is InChI=1S/C24H36N4O4/c1-17(28-9-11-32-12-10-28)18-5-7-27(8-6-18)16-20-15-25-26-23(20)19-13-21(29-2)24(31-4)22(14-19)30-3/h13-15,17-18H,5-12,16H2,1-4H3,(H,25,26)/t17-/m0/s1. The van der Waals surface area contributed by atoms with E-state index in [1.54, 1.807) is 21.3 Å². The molecule has 8 heteroatoms. The summed E-state index contributed by atoms with van der Waals surface area (Å²) in [5.41, 5.74) is 3.15. The van der Waals surface area contributed by atoms with Gasteiger partial charge in [0.1, 0.15) is 0 Å². The molecule has 8 nitrogen and oxygen atoms in total. The quantitative estimate of drug-likeness (QED) is 0.671. The van der Waals surface area contributed by atoms with Crippen LogP contribution in [0.2, 0.25) is 0 Å². The maximum atomic E-state index is 5.53. The molecule has 0 spiro atoms. The third-order valence-electron chi connectivity index (χ3n) is 7.00. The van der Waals surface area contributed by atoms with Crippen molar-refractivity contribution in [3.63, 3.8) is 0 Å². The zero-order valence-corrected chi connectivity index (χ0v) is 19.7. The van der Waals surface area contributed by atoms with Crippen LogP contribution in [0.5, 0.6) is 17.2 Å². The number of morpholine rings is 1. The van der Waals surface area contributed by atoms with Crippen LogP contribution in [0.25, 0.3) is 11.3 Å². The largest absolute Gasteiger partial charge is 0.493 e. The van der Waals surface area contributed by atoms with Gasteiger partial charge in [0.2, 0.25) is 5.75 Å². The topological polar surface area (TPSA) is 72.1 Å². The Kier molecular flexibility index (Phi) is 7.55. The second kappa shape index (κ2) is 10.6. The van der Waals surface area contributed by atoms with Gasteiger partial charge in [0.25, 0.3) is 0 Å². The van der Waals surface area contributed by atoms with Crippen molar-refractivity contribution in [3.8, 4) is 28.5 Å². The minimum absolute atomic E-state index is 0.594. The van der Waals surface area contributed by atoms with E-state index in [0.717, 1.165) is 63.1 Å². The van der Waals surface area contributed by atoms with Gasteiger partial charge in [0.05, 0.1) is 46.4 Å². The van der Waals surface area contributed by atoms with Gasteiger partial charge >= 0.3 is 0 Å². The minimum atomic E-state index is 0.594. The molecule has 2 aliphatic heterocycles. The molecule has 2 saturated heterocycles. The van der Waals surface area contributed by atoms with E-state index in [2.05, 4.69) is 26.9 Å². The summed E-state index contributed by atoms with van der Waals surface area (Å²) < 4.78 is 22.0. The monoisotopic (exact) mass is 444 g/mol. The molecular weight excluding hydrogens is 408 g/mol. The molecule has 4 rings (SSSR count). The van der Waals surface area contributed by atoms with Crippen LogP contribution in [0.4, 0.5) is 0 Å². The Morgan fingerprint density at radius 1 is 1.03 bits per heavy atom. The summed E-state index contributed by atoms with van der Waals surface area (Å²) in [4.78, 5) is 5.14. The maximum Gasteiger partial charge on any atom is 0.203 e. The zero-order chi connectivity index (χ0) is 22.5. The fourth-order valence-electron chi connectivity index (χ4n) is 5.02. The summed E-state index contributed by atoms with van der Waals surface area (Å²) in [6.07, 6.45) is 4.40. The molecule has 1 aromatic carbocycles. The lowest BCUT2D eigenvalue weighted by Gasteiger charge is -2.41. The Hall–Kier alpha value is -2.29. The molecule has 2 aliphatic rings. The average Bonchev–Trinajstić information content (AvgIpc) is 3.31. The third kappa shape index (κ3) is 4.87. The van der Waals surface area contributed by atoms with Gasteiger partial charge in [-0.15, -0.1) is 0 Å². The molecule has 3 heterocycles. The Labute approximate surface area is 190 Å². The number of aromatic amines is 1. The Balaban J connectivity index is 1.42. The number of hydrogen-bond donors (Lipinski definition) is 1. The molecular formula is C24H36N4O4.